The first-order chi connectivity index (χ1) is 12.5. The molecule has 0 amide bonds. The van der Waals surface area contributed by atoms with Crippen LogP contribution in [0.2, 0.25) is 0 Å². The van der Waals surface area contributed by atoms with Crippen molar-refractivity contribution >= 4 is 9.84 Å². The van der Waals surface area contributed by atoms with Gasteiger partial charge in [-0.2, -0.15) is 10.4 Å². The van der Waals surface area contributed by atoms with Gasteiger partial charge in [-0.05, 0) is 12.1 Å². The quantitative estimate of drug-likeness (QED) is 0.737. The van der Waals surface area contributed by atoms with Crippen LogP contribution in [0.5, 0.6) is 5.88 Å². The van der Waals surface area contributed by atoms with Gasteiger partial charge in [0.25, 0.3) is 0 Å². The molecular weight excluding hydrogens is 354 g/mol. The van der Waals surface area contributed by atoms with Crippen LogP contribution in [0.4, 0.5) is 0 Å². The van der Waals surface area contributed by atoms with Crippen LogP contribution in [0, 0.1) is 11.3 Å². The first-order valence-electron chi connectivity index (χ1n) is 8.45. The molecule has 1 unspecified atom stereocenters. The molecule has 8 nitrogen and oxygen atoms in total. The summed E-state index contributed by atoms with van der Waals surface area (Å²) in [6.07, 6.45) is 2.98. The minimum Gasteiger partial charge on any atom is -0.471 e. The molecule has 138 valence electrons. The second-order valence-electron chi connectivity index (χ2n) is 6.21. The molecule has 1 aliphatic rings. The van der Waals surface area contributed by atoms with E-state index in [2.05, 4.69) is 15.0 Å². The molecule has 3 rings (SSSR count). The second kappa shape index (κ2) is 7.85. The van der Waals surface area contributed by atoms with Crippen LogP contribution >= 0.6 is 0 Å². The lowest BCUT2D eigenvalue weighted by molar-refractivity contribution is 0.124. The molecule has 0 N–H and O–H groups in total. The number of nitriles is 1. The summed E-state index contributed by atoms with van der Waals surface area (Å²) in [5.41, 5.74) is 1.50. The zero-order chi connectivity index (χ0) is 18.6. The monoisotopic (exact) mass is 375 g/mol. The maximum absolute atomic E-state index is 11.8. The third-order valence-corrected chi connectivity index (χ3v) is 6.02. The van der Waals surface area contributed by atoms with E-state index in [4.69, 9.17) is 10.00 Å². The molecule has 0 radical (unpaired) electrons. The first-order valence-corrected chi connectivity index (χ1v) is 10.3. The predicted octanol–water partition coefficient (Wildman–Crippen LogP) is 0.848. The van der Waals surface area contributed by atoms with E-state index >= 15 is 0 Å². The Morgan fingerprint density at radius 3 is 2.88 bits per heavy atom. The highest BCUT2D eigenvalue weighted by Gasteiger charge is 2.25. The Morgan fingerprint density at radius 1 is 1.35 bits per heavy atom. The number of nitrogens with zero attached hydrogens (tertiary/aromatic N) is 5. The lowest BCUT2D eigenvalue weighted by Gasteiger charge is -2.24. The van der Waals surface area contributed by atoms with Crippen molar-refractivity contribution in [2.24, 2.45) is 0 Å². The van der Waals surface area contributed by atoms with E-state index in [1.165, 1.54) is 6.20 Å². The number of ether oxygens (including phenoxy) is 1. The van der Waals surface area contributed by atoms with Crippen molar-refractivity contribution in [3.05, 3.63) is 41.9 Å². The van der Waals surface area contributed by atoms with Gasteiger partial charge in [0, 0.05) is 43.8 Å². The number of pyridine rings is 1. The topological polar surface area (TPSA) is 101 Å². The Bertz CT molecular complexity index is 886. The van der Waals surface area contributed by atoms with E-state index in [1.54, 1.807) is 25.3 Å². The number of fused-ring (bicyclic) bond motifs is 1. The highest BCUT2D eigenvalue weighted by Crippen LogP contribution is 2.16. The normalized spacial score (nSPS) is 17.9. The van der Waals surface area contributed by atoms with Gasteiger partial charge in [0.1, 0.15) is 12.2 Å². The van der Waals surface area contributed by atoms with Crippen LogP contribution in [0.25, 0.3) is 0 Å². The van der Waals surface area contributed by atoms with E-state index in [-0.39, 0.29) is 17.6 Å². The molecular formula is C17H21N5O3S. The fourth-order valence-electron chi connectivity index (χ4n) is 2.84. The lowest BCUT2D eigenvalue weighted by atomic mass is 10.3. The molecule has 0 bridgehead atoms. The van der Waals surface area contributed by atoms with Gasteiger partial charge < -0.3 is 4.74 Å². The number of rotatable bonds is 6. The summed E-state index contributed by atoms with van der Waals surface area (Å²) in [4.78, 5) is 6.22. The Balaban J connectivity index is 1.73. The molecule has 1 aliphatic heterocycles. The Hall–Kier alpha value is -2.44. The molecule has 9 heteroatoms. The van der Waals surface area contributed by atoms with Crippen molar-refractivity contribution in [1.82, 2.24) is 19.7 Å². The van der Waals surface area contributed by atoms with E-state index in [0.717, 1.165) is 5.69 Å². The maximum Gasteiger partial charge on any atom is 0.213 e. The van der Waals surface area contributed by atoms with E-state index < -0.39 is 9.84 Å². The zero-order valence-electron chi connectivity index (χ0n) is 14.6. The predicted molar refractivity (Wildman–Crippen MR) is 95.2 cm³/mol. The van der Waals surface area contributed by atoms with Crippen molar-refractivity contribution in [3.63, 3.8) is 0 Å². The standard InChI is InChI=1S/C17H21N5O3S/c1-2-26(23,24)8-7-21-11-15-5-6-20-22(15)13-16(12-21)25-17-4-3-14(9-18)10-19-17/h3-6,10,16H,2,7-8,11-13H2,1H3. The van der Waals surface area contributed by atoms with Gasteiger partial charge >= 0.3 is 0 Å². The summed E-state index contributed by atoms with van der Waals surface area (Å²) in [7, 11) is -3.03. The van der Waals surface area contributed by atoms with Crippen LogP contribution in [0.15, 0.2) is 30.6 Å². The molecule has 0 aliphatic carbocycles. The molecule has 1 atom stereocenters. The molecule has 26 heavy (non-hydrogen) atoms. The maximum atomic E-state index is 11.8. The number of hydrogen-bond acceptors (Lipinski definition) is 7. The molecule has 0 fully saturated rings. The molecule has 0 spiro atoms. The van der Waals surface area contributed by atoms with Crippen molar-refractivity contribution in [3.8, 4) is 11.9 Å². The van der Waals surface area contributed by atoms with E-state index in [9.17, 15) is 8.42 Å². The van der Waals surface area contributed by atoms with Crippen molar-refractivity contribution in [2.45, 2.75) is 26.1 Å². The molecule has 2 aromatic heterocycles. The second-order valence-corrected chi connectivity index (χ2v) is 8.69. The van der Waals surface area contributed by atoms with Crippen LogP contribution in [0.3, 0.4) is 0 Å². The summed E-state index contributed by atoms with van der Waals surface area (Å²) >= 11 is 0. The van der Waals surface area contributed by atoms with Crippen molar-refractivity contribution in [1.29, 1.82) is 5.26 Å². The van der Waals surface area contributed by atoms with Gasteiger partial charge in [-0.25, -0.2) is 13.4 Å². The minimum absolute atomic E-state index is 0.124. The zero-order valence-corrected chi connectivity index (χ0v) is 15.4. The van der Waals surface area contributed by atoms with Gasteiger partial charge in [-0.3, -0.25) is 9.58 Å². The average Bonchev–Trinajstić information content (AvgIpc) is 3.00. The largest absolute Gasteiger partial charge is 0.471 e. The Kier molecular flexibility index (Phi) is 5.54. The third kappa shape index (κ3) is 4.59. The van der Waals surface area contributed by atoms with Gasteiger partial charge in [0.15, 0.2) is 9.84 Å². The summed E-state index contributed by atoms with van der Waals surface area (Å²) in [5.74, 6) is 0.707. The van der Waals surface area contributed by atoms with Crippen LogP contribution < -0.4 is 4.74 Å². The van der Waals surface area contributed by atoms with Gasteiger partial charge in [-0.15, -0.1) is 0 Å². The Morgan fingerprint density at radius 2 is 2.19 bits per heavy atom. The third-order valence-electron chi connectivity index (χ3n) is 4.34. The average molecular weight is 375 g/mol. The molecule has 2 aromatic rings. The first kappa shape index (κ1) is 18.4. The fourth-order valence-corrected chi connectivity index (χ4v) is 3.66. The van der Waals surface area contributed by atoms with Crippen molar-refractivity contribution in [2.75, 3.05) is 24.6 Å². The van der Waals surface area contributed by atoms with E-state index in [1.807, 2.05) is 16.8 Å². The summed E-state index contributed by atoms with van der Waals surface area (Å²) in [6, 6.07) is 7.28. The molecule has 0 saturated carbocycles. The highest BCUT2D eigenvalue weighted by atomic mass is 32.2. The van der Waals surface area contributed by atoms with Crippen LogP contribution in [-0.4, -0.2) is 58.8 Å². The number of sulfone groups is 1. The molecule has 3 heterocycles. The summed E-state index contributed by atoms with van der Waals surface area (Å²) < 4.78 is 31.5. The highest BCUT2D eigenvalue weighted by molar-refractivity contribution is 7.91. The summed E-state index contributed by atoms with van der Waals surface area (Å²) in [6.45, 7) is 3.86. The van der Waals surface area contributed by atoms with Gasteiger partial charge in [-0.1, -0.05) is 6.92 Å². The number of aromatic nitrogens is 3. The van der Waals surface area contributed by atoms with Crippen LogP contribution in [0.1, 0.15) is 18.2 Å². The summed E-state index contributed by atoms with van der Waals surface area (Å²) in [5, 5.41) is 13.2. The van der Waals surface area contributed by atoms with Gasteiger partial charge in [0.2, 0.25) is 5.88 Å². The van der Waals surface area contributed by atoms with Crippen LogP contribution in [-0.2, 0) is 22.9 Å². The lowest BCUT2D eigenvalue weighted by Crippen LogP contribution is -2.37. The Labute approximate surface area is 152 Å². The minimum atomic E-state index is -3.03. The smallest absolute Gasteiger partial charge is 0.213 e. The molecule has 0 saturated heterocycles. The number of hydrogen-bond donors (Lipinski definition) is 0. The fraction of sp³-hybridized carbons (Fsp3) is 0.471. The van der Waals surface area contributed by atoms with Gasteiger partial charge in [0.05, 0.1) is 23.6 Å². The SMILES string of the molecule is CCS(=O)(=O)CCN1Cc2ccnn2CC(Oc2ccc(C#N)cn2)C1. The van der Waals surface area contributed by atoms with E-state index in [0.29, 0.717) is 37.6 Å². The molecule has 0 aromatic carbocycles. The van der Waals surface area contributed by atoms with Crippen molar-refractivity contribution < 1.29 is 13.2 Å².